The molecule has 1 saturated heterocycles. The van der Waals surface area contributed by atoms with Gasteiger partial charge < -0.3 is 9.47 Å². The summed E-state index contributed by atoms with van der Waals surface area (Å²) in [6, 6.07) is 0. The first-order chi connectivity index (χ1) is 15.8. The van der Waals surface area contributed by atoms with Crippen molar-refractivity contribution in [2.24, 2.45) is 34.5 Å². The van der Waals surface area contributed by atoms with E-state index < -0.39 is 38.6 Å². The molecule has 8 nitrogen and oxygen atoms in total. The van der Waals surface area contributed by atoms with Gasteiger partial charge in [-0.15, -0.1) is 0 Å². The van der Waals surface area contributed by atoms with Gasteiger partial charge in [0.15, 0.2) is 0 Å². The summed E-state index contributed by atoms with van der Waals surface area (Å²) in [4.78, 5) is 37.8. The first-order valence-electron chi connectivity index (χ1n) is 12.2. The van der Waals surface area contributed by atoms with E-state index in [-0.39, 0.29) is 41.9 Å². The molecule has 0 bridgehead atoms. The second-order valence-electron chi connectivity index (χ2n) is 11.6. The molecule has 0 aromatic carbocycles. The molecule has 5 aliphatic rings. The molecule has 0 aromatic heterocycles. The van der Waals surface area contributed by atoms with Crippen LogP contribution in [0.3, 0.4) is 0 Å². The third-order valence-corrected chi connectivity index (χ3v) is 10.6. The molecule has 4 fully saturated rings. The van der Waals surface area contributed by atoms with Crippen LogP contribution in [0.5, 0.6) is 0 Å². The van der Waals surface area contributed by atoms with Gasteiger partial charge in [0.05, 0.1) is 25.4 Å². The van der Waals surface area contributed by atoms with E-state index in [0.29, 0.717) is 38.5 Å². The van der Waals surface area contributed by atoms with Crippen molar-refractivity contribution in [3.05, 3.63) is 11.6 Å². The Hall–Kier alpha value is -1.74. The minimum Gasteiger partial charge on any atom is -0.469 e. The standard InChI is InChI=1S/C25H34O8S/c1-23-8-5-15(26)11-14(23)12-16(22(28)31-3)20-17-6-9-25(10-7-19(27)32-25)24(17,2)13-18(21(20)23)33-34(4,29)30/h12,16-18,20-21H,5-11,13H2,1-4H3/t16-,17+,18-,20+,21?,23+,24+,25?/m1/s1. The van der Waals surface area contributed by atoms with Crippen molar-refractivity contribution in [1.82, 2.24) is 0 Å². The largest absolute Gasteiger partial charge is 0.469 e. The van der Waals surface area contributed by atoms with Gasteiger partial charge in [0, 0.05) is 24.7 Å². The Morgan fingerprint density at radius 2 is 1.88 bits per heavy atom. The van der Waals surface area contributed by atoms with Crippen LogP contribution >= 0.6 is 0 Å². The molecular weight excluding hydrogens is 460 g/mol. The number of rotatable bonds is 3. The Kier molecular flexibility index (Phi) is 5.38. The second-order valence-corrected chi connectivity index (χ2v) is 13.2. The summed E-state index contributed by atoms with van der Waals surface area (Å²) >= 11 is 0. The number of allylic oxidation sites excluding steroid dienone is 1. The van der Waals surface area contributed by atoms with Crippen LogP contribution < -0.4 is 0 Å². The number of ether oxygens (including phenoxy) is 2. The topological polar surface area (TPSA) is 113 Å². The maximum absolute atomic E-state index is 13.1. The lowest BCUT2D eigenvalue weighted by Crippen LogP contribution is -2.62. The minimum atomic E-state index is -3.80. The van der Waals surface area contributed by atoms with Gasteiger partial charge >= 0.3 is 11.9 Å². The number of fused-ring (bicyclic) bond motifs is 6. The summed E-state index contributed by atoms with van der Waals surface area (Å²) in [6.07, 6.45) is 6.41. The van der Waals surface area contributed by atoms with Gasteiger partial charge in [-0.1, -0.05) is 25.5 Å². The number of hydrogen-bond acceptors (Lipinski definition) is 8. The second kappa shape index (κ2) is 7.63. The van der Waals surface area contributed by atoms with Gasteiger partial charge in [0.25, 0.3) is 10.1 Å². The van der Waals surface area contributed by atoms with Crippen molar-refractivity contribution < 1.29 is 36.5 Å². The van der Waals surface area contributed by atoms with E-state index in [4.69, 9.17) is 13.7 Å². The molecule has 188 valence electrons. The van der Waals surface area contributed by atoms with Crippen molar-refractivity contribution in [1.29, 1.82) is 0 Å². The first-order valence-corrected chi connectivity index (χ1v) is 14.1. The highest BCUT2D eigenvalue weighted by Crippen LogP contribution is 2.70. The lowest BCUT2D eigenvalue weighted by Gasteiger charge is -2.61. The van der Waals surface area contributed by atoms with Crippen LogP contribution in [0.25, 0.3) is 0 Å². The van der Waals surface area contributed by atoms with Crippen LogP contribution in [0, 0.1) is 34.5 Å². The molecule has 1 aliphatic heterocycles. The van der Waals surface area contributed by atoms with E-state index in [2.05, 4.69) is 13.8 Å². The molecule has 2 unspecified atom stereocenters. The third-order valence-electron chi connectivity index (χ3n) is 10.0. The number of carbonyl (C=O) groups is 3. The lowest BCUT2D eigenvalue weighted by molar-refractivity contribution is -0.188. The Bertz CT molecular complexity index is 1080. The smallest absolute Gasteiger partial charge is 0.312 e. The van der Waals surface area contributed by atoms with Gasteiger partial charge in [-0.3, -0.25) is 18.6 Å². The Balaban J connectivity index is 1.69. The average Bonchev–Trinajstić information content (AvgIpc) is 3.26. The van der Waals surface area contributed by atoms with E-state index >= 15 is 0 Å². The summed E-state index contributed by atoms with van der Waals surface area (Å²) < 4.78 is 41.9. The van der Waals surface area contributed by atoms with Crippen molar-refractivity contribution in [3.63, 3.8) is 0 Å². The quantitative estimate of drug-likeness (QED) is 0.334. The van der Waals surface area contributed by atoms with Crippen molar-refractivity contribution in [3.8, 4) is 0 Å². The van der Waals surface area contributed by atoms with E-state index in [9.17, 15) is 22.8 Å². The molecule has 0 N–H and O–H groups in total. The van der Waals surface area contributed by atoms with E-state index in [0.717, 1.165) is 18.2 Å². The molecule has 34 heavy (non-hydrogen) atoms. The molecule has 0 radical (unpaired) electrons. The number of carbonyl (C=O) groups excluding carboxylic acids is 3. The fraction of sp³-hybridized carbons (Fsp3) is 0.800. The Labute approximate surface area is 200 Å². The van der Waals surface area contributed by atoms with Crippen LogP contribution in [0.2, 0.25) is 0 Å². The summed E-state index contributed by atoms with van der Waals surface area (Å²) in [7, 11) is -2.45. The Morgan fingerprint density at radius 3 is 2.50 bits per heavy atom. The lowest BCUT2D eigenvalue weighted by atomic mass is 9.44. The predicted molar refractivity (Wildman–Crippen MR) is 121 cm³/mol. The van der Waals surface area contributed by atoms with Crippen LogP contribution in [-0.4, -0.2) is 51.2 Å². The van der Waals surface area contributed by atoms with Crippen molar-refractivity contribution in [2.75, 3.05) is 13.4 Å². The molecule has 0 amide bonds. The van der Waals surface area contributed by atoms with Gasteiger partial charge in [-0.05, 0) is 55.3 Å². The van der Waals surface area contributed by atoms with Crippen LogP contribution in [0.15, 0.2) is 11.6 Å². The van der Waals surface area contributed by atoms with E-state index in [1.807, 2.05) is 6.08 Å². The number of hydrogen-bond donors (Lipinski definition) is 0. The number of esters is 2. The molecule has 4 aliphatic carbocycles. The molecule has 8 atom stereocenters. The third kappa shape index (κ3) is 3.33. The summed E-state index contributed by atoms with van der Waals surface area (Å²) in [5.74, 6) is -1.56. The zero-order valence-electron chi connectivity index (χ0n) is 20.3. The highest BCUT2D eigenvalue weighted by Gasteiger charge is 2.71. The van der Waals surface area contributed by atoms with Gasteiger partial charge in [0.2, 0.25) is 0 Å². The van der Waals surface area contributed by atoms with Crippen LogP contribution in [0.1, 0.15) is 65.2 Å². The minimum absolute atomic E-state index is 0.0270. The SMILES string of the molecule is COC(=O)[C@@H]1C=C2CC(=O)CC[C@]2(C)C2[C@@H]1[C@@H]1CCC3(CCC(=O)O3)[C@@]1(C)C[C@H]2OS(C)(=O)=O. The average molecular weight is 495 g/mol. The zero-order valence-corrected chi connectivity index (χ0v) is 21.1. The monoisotopic (exact) mass is 494 g/mol. The molecule has 0 aromatic rings. The fourth-order valence-corrected chi connectivity index (χ4v) is 9.18. The molecule has 1 heterocycles. The maximum atomic E-state index is 13.1. The number of methoxy groups -OCH3 is 1. The van der Waals surface area contributed by atoms with Crippen LogP contribution in [0.4, 0.5) is 0 Å². The van der Waals surface area contributed by atoms with Crippen molar-refractivity contribution >= 4 is 27.8 Å². The van der Waals surface area contributed by atoms with Crippen LogP contribution in [-0.2, 0) is 38.2 Å². The fourth-order valence-electron chi connectivity index (χ4n) is 8.54. The zero-order chi connectivity index (χ0) is 24.7. The maximum Gasteiger partial charge on any atom is 0.312 e. The Morgan fingerprint density at radius 1 is 1.15 bits per heavy atom. The van der Waals surface area contributed by atoms with Gasteiger partial charge in [-0.2, -0.15) is 8.42 Å². The van der Waals surface area contributed by atoms with Crippen molar-refractivity contribution in [2.45, 2.75) is 76.9 Å². The van der Waals surface area contributed by atoms with E-state index in [1.54, 1.807) is 0 Å². The van der Waals surface area contributed by atoms with E-state index in [1.165, 1.54) is 7.11 Å². The predicted octanol–water partition coefficient (Wildman–Crippen LogP) is 2.95. The van der Waals surface area contributed by atoms with Gasteiger partial charge in [-0.25, -0.2) is 0 Å². The molecule has 3 saturated carbocycles. The molecule has 9 heteroatoms. The highest BCUT2D eigenvalue weighted by atomic mass is 32.2. The summed E-state index contributed by atoms with van der Waals surface area (Å²) in [6.45, 7) is 4.18. The number of Topliss-reactive ketones (excluding diaryl/α,β-unsaturated/α-hetero) is 1. The molecular formula is C25H34O8S. The summed E-state index contributed by atoms with van der Waals surface area (Å²) in [5, 5.41) is 0. The normalized spacial score (nSPS) is 45.8. The molecule has 5 rings (SSSR count). The summed E-state index contributed by atoms with van der Waals surface area (Å²) in [5.41, 5.74) is -0.769. The number of ketones is 1. The molecule has 1 spiro atoms. The highest BCUT2D eigenvalue weighted by molar-refractivity contribution is 7.86. The van der Waals surface area contributed by atoms with Gasteiger partial charge in [0.1, 0.15) is 11.4 Å². The first kappa shape index (κ1) is 24.0.